The van der Waals surface area contributed by atoms with E-state index in [1.807, 2.05) is 13.8 Å². The summed E-state index contributed by atoms with van der Waals surface area (Å²) in [6.45, 7) is 4.64. The van der Waals surface area contributed by atoms with Crippen molar-refractivity contribution in [2.75, 3.05) is 6.54 Å². The first-order valence-corrected chi connectivity index (χ1v) is 5.13. The third-order valence-corrected chi connectivity index (χ3v) is 2.67. The van der Waals surface area contributed by atoms with Crippen LogP contribution in [0.2, 0.25) is 0 Å². The molecule has 1 saturated carbocycles. The summed E-state index contributed by atoms with van der Waals surface area (Å²) >= 11 is 0. The highest BCUT2D eigenvalue weighted by Crippen LogP contribution is 2.23. The number of rotatable bonds is 3. The Balaban J connectivity index is 2.16. The monoisotopic (exact) mass is 184 g/mol. The fraction of sp³-hybridized carbons (Fsp3) is 0.900. The van der Waals surface area contributed by atoms with Gasteiger partial charge in [0.2, 0.25) is 5.91 Å². The van der Waals surface area contributed by atoms with Gasteiger partial charge in [-0.25, -0.2) is 0 Å². The van der Waals surface area contributed by atoms with Gasteiger partial charge in [0.15, 0.2) is 0 Å². The zero-order chi connectivity index (χ0) is 9.84. The maximum Gasteiger partial charge on any atom is 0.222 e. The normalized spacial score (nSPS) is 28.0. The fourth-order valence-electron chi connectivity index (χ4n) is 1.75. The van der Waals surface area contributed by atoms with Crippen molar-refractivity contribution in [2.24, 2.45) is 17.6 Å². The lowest BCUT2D eigenvalue weighted by Crippen LogP contribution is -2.32. The lowest BCUT2D eigenvalue weighted by molar-refractivity contribution is -0.124. The Bertz CT molecular complexity index is 180. The van der Waals surface area contributed by atoms with E-state index in [0.29, 0.717) is 12.0 Å². The molecule has 2 atom stereocenters. The molecule has 0 aliphatic heterocycles. The molecule has 0 unspecified atom stereocenters. The van der Waals surface area contributed by atoms with Gasteiger partial charge in [0.1, 0.15) is 0 Å². The number of carbonyl (C=O) groups is 1. The van der Waals surface area contributed by atoms with E-state index in [9.17, 15) is 4.79 Å². The van der Waals surface area contributed by atoms with Gasteiger partial charge in [-0.1, -0.05) is 13.8 Å². The zero-order valence-corrected chi connectivity index (χ0v) is 8.55. The lowest BCUT2D eigenvalue weighted by Gasteiger charge is -2.12. The van der Waals surface area contributed by atoms with E-state index in [-0.39, 0.29) is 11.8 Å². The molecule has 0 bridgehead atoms. The summed E-state index contributed by atoms with van der Waals surface area (Å²) in [4.78, 5) is 11.2. The Labute approximate surface area is 80.1 Å². The molecule has 1 amide bonds. The number of hydrogen-bond acceptors (Lipinski definition) is 2. The summed E-state index contributed by atoms with van der Waals surface area (Å²) in [7, 11) is 0. The van der Waals surface area contributed by atoms with Crippen LogP contribution in [-0.4, -0.2) is 18.5 Å². The first-order valence-electron chi connectivity index (χ1n) is 5.13. The molecular formula is C10H20N2O. The zero-order valence-electron chi connectivity index (χ0n) is 8.55. The van der Waals surface area contributed by atoms with Gasteiger partial charge in [0.25, 0.3) is 0 Å². The van der Waals surface area contributed by atoms with E-state index < -0.39 is 0 Å². The third-order valence-electron chi connectivity index (χ3n) is 2.67. The van der Waals surface area contributed by atoms with Crippen LogP contribution in [0.15, 0.2) is 0 Å². The molecule has 1 aliphatic carbocycles. The van der Waals surface area contributed by atoms with Crippen LogP contribution >= 0.6 is 0 Å². The van der Waals surface area contributed by atoms with Crippen LogP contribution in [0.3, 0.4) is 0 Å². The number of amides is 1. The van der Waals surface area contributed by atoms with Crippen molar-refractivity contribution in [3.05, 3.63) is 0 Å². The first-order chi connectivity index (χ1) is 6.09. The van der Waals surface area contributed by atoms with Gasteiger partial charge < -0.3 is 11.1 Å². The van der Waals surface area contributed by atoms with Gasteiger partial charge in [-0.3, -0.25) is 4.79 Å². The molecule has 3 nitrogen and oxygen atoms in total. The average molecular weight is 184 g/mol. The van der Waals surface area contributed by atoms with Gasteiger partial charge in [-0.2, -0.15) is 0 Å². The van der Waals surface area contributed by atoms with Crippen molar-refractivity contribution < 1.29 is 4.79 Å². The van der Waals surface area contributed by atoms with Gasteiger partial charge >= 0.3 is 0 Å². The molecule has 3 N–H and O–H groups in total. The van der Waals surface area contributed by atoms with E-state index in [4.69, 9.17) is 5.73 Å². The quantitative estimate of drug-likeness (QED) is 0.684. The molecule has 76 valence electrons. The molecule has 0 aromatic carbocycles. The van der Waals surface area contributed by atoms with Crippen molar-refractivity contribution in [1.29, 1.82) is 0 Å². The second-order valence-corrected chi connectivity index (χ2v) is 4.34. The van der Waals surface area contributed by atoms with Crippen LogP contribution in [0, 0.1) is 11.8 Å². The Hall–Kier alpha value is -0.570. The molecule has 1 aliphatic rings. The number of hydrogen-bond donors (Lipinski definition) is 2. The van der Waals surface area contributed by atoms with Crippen molar-refractivity contribution >= 4 is 5.91 Å². The van der Waals surface area contributed by atoms with Crippen LogP contribution in [0.5, 0.6) is 0 Å². The second kappa shape index (κ2) is 4.61. The van der Waals surface area contributed by atoms with Gasteiger partial charge in [0.05, 0.1) is 0 Å². The maximum atomic E-state index is 11.2. The SMILES string of the molecule is CC(C)C(=O)NC[C@@H]1CC[C@H](N)C1. The summed E-state index contributed by atoms with van der Waals surface area (Å²) < 4.78 is 0. The topological polar surface area (TPSA) is 55.1 Å². The third kappa shape index (κ3) is 3.35. The standard InChI is InChI=1S/C10H20N2O/c1-7(2)10(13)12-6-8-3-4-9(11)5-8/h7-9H,3-6,11H2,1-2H3,(H,12,13)/t8-,9+/m1/s1. The van der Waals surface area contributed by atoms with Crippen molar-refractivity contribution in [1.82, 2.24) is 5.32 Å². The molecule has 13 heavy (non-hydrogen) atoms. The van der Waals surface area contributed by atoms with Crippen molar-refractivity contribution in [3.63, 3.8) is 0 Å². The van der Waals surface area contributed by atoms with E-state index in [2.05, 4.69) is 5.32 Å². The summed E-state index contributed by atoms with van der Waals surface area (Å²) in [5.74, 6) is 0.855. The number of carbonyl (C=O) groups excluding carboxylic acids is 1. The molecule has 0 aromatic heterocycles. The second-order valence-electron chi connectivity index (χ2n) is 4.34. The molecule has 1 rings (SSSR count). The number of nitrogens with one attached hydrogen (secondary N) is 1. The fourth-order valence-corrected chi connectivity index (χ4v) is 1.75. The van der Waals surface area contributed by atoms with Crippen LogP contribution in [0.25, 0.3) is 0 Å². The van der Waals surface area contributed by atoms with Crippen LogP contribution in [0.1, 0.15) is 33.1 Å². The summed E-state index contributed by atoms with van der Waals surface area (Å²) in [5.41, 5.74) is 5.78. The first kappa shape index (κ1) is 10.5. The van der Waals surface area contributed by atoms with Gasteiger partial charge in [0, 0.05) is 18.5 Å². The highest BCUT2D eigenvalue weighted by Gasteiger charge is 2.22. The molecular weight excluding hydrogens is 164 g/mol. The Morgan fingerprint density at radius 1 is 1.54 bits per heavy atom. The Morgan fingerprint density at radius 3 is 2.69 bits per heavy atom. The molecule has 0 aromatic rings. The largest absolute Gasteiger partial charge is 0.356 e. The van der Waals surface area contributed by atoms with E-state index in [1.54, 1.807) is 0 Å². The lowest BCUT2D eigenvalue weighted by atomic mass is 10.1. The van der Waals surface area contributed by atoms with Crippen LogP contribution in [0.4, 0.5) is 0 Å². The minimum Gasteiger partial charge on any atom is -0.356 e. The highest BCUT2D eigenvalue weighted by molar-refractivity contribution is 5.77. The molecule has 0 heterocycles. The van der Waals surface area contributed by atoms with Crippen LogP contribution in [-0.2, 0) is 4.79 Å². The number of nitrogens with two attached hydrogens (primary N) is 1. The molecule has 1 fully saturated rings. The van der Waals surface area contributed by atoms with E-state index in [0.717, 1.165) is 19.4 Å². The Kier molecular flexibility index (Phi) is 3.72. The predicted molar refractivity (Wildman–Crippen MR) is 53.2 cm³/mol. The highest BCUT2D eigenvalue weighted by atomic mass is 16.1. The molecule has 0 radical (unpaired) electrons. The smallest absolute Gasteiger partial charge is 0.222 e. The molecule has 3 heteroatoms. The van der Waals surface area contributed by atoms with E-state index >= 15 is 0 Å². The summed E-state index contributed by atoms with van der Waals surface area (Å²) in [5, 5.41) is 2.95. The van der Waals surface area contributed by atoms with Gasteiger partial charge in [-0.05, 0) is 25.2 Å². The predicted octanol–water partition coefficient (Wildman–Crippen LogP) is 0.886. The average Bonchev–Trinajstić information content (AvgIpc) is 2.47. The Morgan fingerprint density at radius 2 is 2.23 bits per heavy atom. The van der Waals surface area contributed by atoms with Crippen molar-refractivity contribution in [3.8, 4) is 0 Å². The minimum absolute atomic E-state index is 0.0927. The molecule has 0 spiro atoms. The van der Waals surface area contributed by atoms with E-state index in [1.165, 1.54) is 6.42 Å². The molecule has 0 saturated heterocycles. The van der Waals surface area contributed by atoms with Crippen LogP contribution < -0.4 is 11.1 Å². The summed E-state index contributed by atoms with van der Waals surface area (Å²) in [6, 6.07) is 0.362. The van der Waals surface area contributed by atoms with Gasteiger partial charge in [-0.15, -0.1) is 0 Å². The maximum absolute atomic E-state index is 11.2. The van der Waals surface area contributed by atoms with Crippen molar-refractivity contribution in [2.45, 2.75) is 39.2 Å². The minimum atomic E-state index is 0.0927. The summed E-state index contributed by atoms with van der Waals surface area (Å²) in [6.07, 6.45) is 3.35.